The zero-order valence-corrected chi connectivity index (χ0v) is 14.0. The fourth-order valence-corrected chi connectivity index (χ4v) is 2.89. The van der Waals surface area contributed by atoms with Crippen LogP contribution in [0.25, 0.3) is 0 Å². The van der Waals surface area contributed by atoms with Gasteiger partial charge in [-0.05, 0) is 17.5 Å². The van der Waals surface area contributed by atoms with Gasteiger partial charge in [0.15, 0.2) is 0 Å². The van der Waals surface area contributed by atoms with Gasteiger partial charge < -0.3 is 15.4 Å². The Morgan fingerprint density at radius 1 is 1.17 bits per heavy atom. The summed E-state index contributed by atoms with van der Waals surface area (Å²) in [5, 5.41) is 7.29. The van der Waals surface area contributed by atoms with Gasteiger partial charge in [-0.15, -0.1) is 11.3 Å². The first kappa shape index (κ1) is 17.2. The van der Waals surface area contributed by atoms with Crippen LogP contribution in [-0.2, 0) is 20.9 Å². The average Bonchev–Trinajstić information content (AvgIpc) is 3.09. The molecule has 1 heterocycles. The summed E-state index contributed by atoms with van der Waals surface area (Å²) in [5.41, 5.74) is 1.41. The molecule has 0 spiro atoms. The minimum Gasteiger partial charge on any atom is -0.380 e. The van der Waals surface area contributed by atoms with Crippen molar-refractivity contribution in [1.82, 2.24) is 5.32 Å². The molecule has 122 valence electrons. The molecule has 2 rings (SSSR count). The number of anilines is 1. The number of para-hydroxylation sites is 1. The van der Waals surface area contributed by atoms with Crippen LogP contribution in [-0.4, -0.2) is 25.5 Å². The number of ether oxygens (including phenoxy) is 1. The van der Waals surface area contributed by atoms with E-state index in [1.807, 2.05) is 36.6 Å². The van der Waals surface area contributed by atoms with Gasteiger partial charge in [0.2, 0.25) is 0 Å². The lowest BCUT2D eigenvalue weighted by atomic mass is 10.1. The van der Waals surface area contributed by atoms with E-state index in [0.717, 1.165) is 5.56 Å². The van der Waals surface area contributed by atoms with Gasteiger partial charge in [0.1, 0.15) is 0 Å². The minimum absolute atomic E-state index is 0.174. The second-order valence-electron chi connectivity index (χ2n) is 5.17. The van der Waals surface area contributed by atoms with Gasteiger partial charge in [0.25, 0.3) is 0 Å². The molecular formula is C17H20N2O3S. The predicted octanol–water partition coefficient (Wildman–Crippen LogP) is 2.75. The molecule has 0 aliphatic heterocycles. The number of nitrogens with one attached hydrogen (secondary N) is 2. The van der Waals surface area contributed by atoms with E-state index in [1.54, 1.807) is 30.6 Å². The van der Waals surface area contributed by atoms with Crippen molar-refractivity contribution in [2.75, 3.05) is 19.0 Å². The van der Waals surface area contributed by atoms with Crippen molar-refractivity contribution in [3.63, 3.8) is 0 Å². The Morgan fingerprint density at radius 3 is 2.65 bits per heavy atom. The molecule has 0 aliphatic carbocycles. The molecule has 0 bridgehead atoms. The quantitative estimate of drug-likeness (QED) is 0.799. The summed E-state index contributed by atoms with van der Waals surface area (Å²) < 4.78 is 5.08. The Hall–Kier alpha value is -2.18. The van der Waals surface area contributed by atoms with Gasteiger partial charge in [-0.2, -0.15) is 0 Å². The highest BCUT2D eigenvalue weighted by Gasteiger charge is 2.16. The highest BCUT2D eigenvalue weighted by molar-refractivity contribution is 7.10. The Morgan fingerprint density at radius 2 is 1.96 bits per heavy atom. The van der Waals surface area contributed by atoms with Gasteiger partial charge in [0, 0.05) is 35.7 Å². The van der Waals surface area contributed by atoms with Crippen LogP contribution in [0.3, 0.4) is 0 Å². The van der Waals surface area contributed by atoms with Crippen LogP contribution in [0.4, 0.5) is 5.69 Å². The second-order valence-corrected chi connectivity index (χ2v) is 6.15. The summed E-state index contributed by atoms with van der Waals surface area (Å²) in [6.07, 6.45) is 0. The van der Waals surface area contributed by atoms with Gasteiger partial charge in [-0.1, -0.05) is 31.2 Å². The van der Waals surface area contributed by atoms with Crippen molar-refractivity contribution >= 4 is 28.8 Å². The number of methoxy groups -OCH3 is 1. The van der Waals surface area contributed by atoms with Crippen LogP contribution in [0.5, 0.6) is 0 Å². The highest BCUT2D eigenvalue weighted by atomic mass is 32.1. The number of rotatable bonds is 6. The summed E-state index contributed by atoms with van der Waals surface area (Å²) >= 11 is 1.64. The first-order chi connectivity index (χ1) is 11.1. The largest absolute Gasteiger partial charge is 0.380 e. The van der Waals surface area contributed by atoms with Gasteiger partial charge in [-0.25, -0.2) is 0 Å². The summed E-state index contributed by atoms with van der Waals surface area (Å²) in [6.45, 7) is 2.80. The van der Waals surface area contributed by atoms with Crippen LogP contribution in [0.1, 0.15) is 23.3 Å². The Labute approximate surface area is 139 Å². The number of amides is 2. The molecule has 0 saturated carbocycles. The van der Waals surface area contributed by atoms with Crippen molar-refractivity contribution in [1.29, 1.82) is 0 Å². The summed E-state index contributed by atoms with van der Waals surface area (Å²) in [5.74, 6) is -1.14. The summed E-state index contributed by atoms with van der Waals surface area (Å²) in [7, 11) is 1.58. The van der Waals surface area contributed by atoms with Crippen LogP contribution in [0.2, 0.25) is 0 Å². The van der Waals surface area contributed by atoms with E-state index in [0.29, 0.717) is 18.8 Å². The van der Waals surface area contributed by atoms with E-state index in [-0.39, 0.29) is 5.92 Å². The Bertz CT molecular complexity index is 656. The van der Waals surface area contributed by atoms with E-state index < -0.39 is 11.8 Å². The molecule has 6 heteroatoms. The lowest BCUT2D eigenvalue weighted by Gasteiger charge is -2.12. The number of hydrogen-bond donors (Lipinski definition) is 2. The molecule has 0 radical (unpaired) electrons. The number of benzene rings is 1. The summed E-state index contributed by atoms with van der Waals surface area (Å²) in [6, 6.07) is 11.2. The third-order valence-electron chi connectivity index (χ3n) is 3.37. The van der Waals surface area contributed by atoms with E-state index in [4.69, 9.17) is 4.74 Å². The van der Waals surface area contributed by atoms with Gasteiger partial charge in [-0.3, -0.25) is 9.59 Å². The maximum Gasteiger partial charge on any atom is 0.313 e. The average molecular weight is 332 g/mol. The van der Waals surface area contributed by atoms with E-state index in [9.17, 15) is 9.59 Å². The topological polar surface area (TPSA) is 67.4 Å². The molecule has 0 unspecified atom stereocenters. The van der Waals surface area contributed by atoms with Gasteiger partial charge in [0.05, 0.1) is 6.61 Å². The number of hydrogen-bond acceptors (Lipinski definition) is 4. The first-order valence-corrected chi connectivity index (χ1v) is 8.19. The van der Waals surface area contributed by atoms with Crippen molar-refractivity contribution in [3.05, 3.63) is 52.2 Å². The Balaban J connectivity index is 1.89. The molecular weight excluding hydrogens is 312 g/mol. The molecule has 1 aromatic heterocycles. The van der Waals surface area contributed by atoms with Crippen LogP contribution in [0, 0.1) is 0 Å². The van der Waals surface area contributed by atoms with E-state index in [2.05, 4.69) is 10.6 Å². The SMILES string of the molecule is COCc1ccccc1NC(=O)C(=O)NC[C@H](C)c1cccs1. The molecule has 2 amide bonds. The molecule has 23 heavy (non-hydrogen) atoms. The first-order valence-electron chi connectivity index (χ1n) is 7.31. The highest BCUT2D eigenvalue weighted by Crippen LogP contribution is 2.19. The zero-order valence-electron chi connectivity index (χ0n) is 13.2. The minimum atomic E-state index is -0.674. The molecule has 0 fully saturated rings. The van der Waals surface area contributed by atoms with E-state index in [1.165, 1.54) is 4.88 Å². The standard InChI is InChI=1S/C17H20N2O3S/c1-12(15-8-5-9-23-15)10-18-16(20)17(21)19-14-7-4-3-6-13(14)11-22-2/h3-9,12H,10-11H2,1-2H3,(H,18,20)(H,19,21)/t12-/m0/s1. The van der Waals surface area contributed by atoms with Crippen LogP contribution >= 0.6 is 11.3 Å². The predicted molar refractivity (Wildman–Crippen MR) is 91.5 cm³/mol. The number of carbonyl (C=O) groups excluding carboxylic acids is 2. The zero-order chi connectivity index (χ0) is 16.7. The van der Waals surface area contributed by atoms with E-state index >= 15 is 0 Å². The maximum atomic E-state index is 12.0. The third kappa shape index (κ3) is 4.91. The monoisotopic (exact) mass is 332 g/mol. The van der Waals surface area contributed by atoms with Crippen LogP contribution < -0.4 is 10.6 Å². The molecule has 5 nitrogen and oxygen atoms in total. The van der Waals surface area contributed by atoms with Crippen LogP contribution in [0.15, 0.2) is 41.8 Å². The molecule has 1 aromatic carbocycles. The molecule has 0 aliphatic rings. The molecule has 1 atom stereocenters. The maximum absolute atomic E-state index is 12.0. The number of thiophene rings is 1. The lowest BCUT2D eigenvalue weighted by molar-refractivity contribution is -0.136. The van der Waals surface area contributed by atoms with Gasteiger partial charge >= 0.3 is 11.8 Å². The molecule has 0 saturated heterocycles. The van der Waals surface area contributed by atoms with Crippen molar-refractivity contribution < 1.29 is 14.3 Å². The fraction of sp³-hybridized carbons (Fsp3) is 0.294. The lowest BCUT2D eigenvalue weighted by Crippen LogP contribution is -2.37. The molecule has 2 aromatic rings. The molecule has 2 N–H and O–H groups in total. The van der Waals surface area contributed by atoms with Crippen molar-refractivity contribution in [2.24, 2.45) is 0 Å². The fourth-order valence-electron chi connectivity index (χ4n) is 2.10. The third-order valence-corrected chi connectivity index (χ3v) is 4.47. The second kappa shape index (κ2) is 8.45. The number of carbonyl (C=O) groups is 2. The van der Waals surface area contributed by atoms with Crippen molar-refractivity contribution in [3.8, 4) is 0 Å². The normalized spacial score (nSPS) is 11.7. The summed E-state index contributed by atoms with van der Waals surface area (Å²) in [4.78, 5) is 25.1. The Kier molecular flexibility index (Phi) is 6.31. The smallest absolute Gasteiger partial charge is 0.313 e. The van der Waals surface area contributed by atoms with Crippen molar-refractivity contribution in [2.45, 2.75) is 19.4 Å².